The van der Waals surface area contributed by atoms with Gasteiger partial charge in [-0.25, -0.2) is 0 Å². The second-order valence-corrected chi connectivity index (χ2v) is 5.19. The van der Waals surface area contributed by atoms with Gasteiger partial charge in [0.15, 0.2) is 0 Å². The number of alkyl halides is 3. The molecule has 0 radical (unpaired) electrons. The van der Waals surface area contributed by atoms with Gasteiger partial charge in [0.05, 0.1) is 13.2 Å². The van der Waals surface area contributed by atoms with Crippen LogP contribution in [0.3, 0.4) is 0 Å². The molecule has 2 atom stereocenters. The minimum absolute atomic E-state index is 0.215. The molecule has 2 aliphatic rings. The molecule has 2 aliphatic heterocycles. The Balaban J connectivity index is 1.95. The number of hydrogen-bond acceptors (Lipinski definition) is 3. The van der Waals surface area contributed by atoms with Crippen LogP contribution in [0, 0.1) is 0 Å². The fourth-order valence-corrected chi connectivity index (χ4v) is 2.98. The molecular formula is C11H19F3N2O. The van der Waals surface area contributed by atoms with Gasteiger partial charge in [-0.05, 0) is 32.2 Å². The topological polar surface area (TPSA) is 35.5 Å². The zero-order chi connectivity index (χ0) is 12.5. The average molecular weight is 252 g/mol. The molecule has 0 aromatic rings. The number of aliphatic hydroxyl groups excluding tert-OH is 1. The fourth-order valence-electron chi connectivity index (χ4n) is 2.98. The summed E-state index contributed by atoms with van der Waals surface area (Å²) >= 11 is 0. The van der Waals surface area contributed by atoms with Crippen LogP contribution in [0.1, 0.15) is 25.7 Å². The van der Waals surface area contributed by atoms with E-state index in [1.807, 2.05) is 0 Å². The molecule has 3 nitrogen and oxygen atoms in total. The molecule has 2 rings (SSSR count). The van der Waals surface area contributed by atoms with E-state index in [4.69, 9.17) is 0 Å². The summed E-state index contributed by atoms with van der Waals surface area (Å²) in [6.07, 6.45) is -0.842. The van der Waals surface area contributed by atoms with Gasteiger partial charge in [-0.2, -0.15) is 13.2 Å². The van der Waals surface area contributed by atoms with Gasteiger partial charge in [0.1, 0.15) is 0 Å². The normalized spacial score (nSPS) is 34.9. The number of aliphatic hydroxyl groups is 1. The summed E-state index contributed by atoms with van der Waals surface area (Å²) in [7, 11) is 0. The molecule has 0 bridgehead atoms. The number of piperidine rings is 1. The predicted molar refractivity (Wildman–Crippen MR) is 57.7 cm³/mol. The Labute approximate surface area is 99.0 Å². The maximum absolute atomic E-state index is 12.2. The molecule has 2 heterocycles. The summed E-state index contributed by atoms with van der Waals surface area (Å²) in [5.41, 5.74) is -0.735. The van der Waals surface area contributed by atoms with Crippen molar-refractivity contribution in [2.45, 2.75) is 43.4 Å². The van der Waals surface area contributed by atoms with E-state index in [9.17, 15) is 18.3 Å². The number of nitrogens with one attached hydrogen (secondary N) is 1. The van der Waals surface area contributed by atoms with Crippen LogP contribution >= 0.6 is 0 Å². The van der Waals surface area contributed by atoms with Crippen LogP contribution in [0.5, 0.6) is 0 Å². The zero-order valence-electron chi connectivity index (χ0n) is 9.76. The Kier molecular flexibility index (Phi) is 3.66. The third-order valence-corrected chi connectivity index (χ3v) is 3.97. The molecule has 100 valence electrons. The van der Waals surface area contributed by atoms with Gasteiger partial charge in [0.25, 0.3) is 0 Å². The van der Waals surface area contributed by atoms with E-state index >= 15 is 0 Å². The molecule has 2 saturated heterocycles. The minimum atomic E-state index is -4.21. The standard InChI is InChI=1S/C11H19F3N2O/c12-11(13,14)7-15-10(8-17)3-5-16-4-1-2-9(16)6-10/h9,15,17H,1-8H2. The number of hydrogen-bond donors (Lipinski definition) is 2. The van der Waals surface area contributed by atoms with Gasteiger partial charge in [0.2, 0.25) is 0 Å². The first-order valence-electron chi connectivity index (χ1n) is 6.11. The minimum Gasteiger partial charge on any atom is -0.394 e. The quantitative estimate of drug-likeness (QED) is 0.790. The van der Waals surface area contributed by atoms with Crippen molar-refractivity contribution in [3.05, 3.63) is 0 Å². The van der Waals surface area contributed by atoms with Crippen molar-refractivity contribution in [2.75, 3.05) is 26.2 Å². The van der Waals surface area contributed by atoms with E-state index in [0.717, 1.165) is 25.9 Å². The van der Waals surface area contributed by atoms with E-state index in [2.05, 4.69) is 10.2 Å². The number of rotatable bonds is 3. The largest absolute Gasteiger partial charge is 0.401 e. The third-order valence-electron chi connectivity index (χ3n) is 3.97. The van der Waals surface area contributed by atoms with Crippen molar-refractivity contribution in [3.63, 3.8) is 0 Å². The lowest BCUT2D eigenvalue weighted by atomic mass is 9.84. The average Bonchev–Trinajstić information content (AvgIpc) is 2.72. The Hall–Kier alpha value is -0.330. The van der Waals surface area contributed by atoms with Crippen LogP contribution in [0.4, 0.5) is 13.2 Å². The summed E-state index contributed by atoms with van der Waals surface area (Å²) in [5, 5.41) is 11.9. The Morgan fingerprint density at radius 3 is 2.76 bits per heavy atom. The molecule has 6 heteroatoms. The van der Waals surface area contributed by atoms with Gasteiger partial charge in [-0.15, -0.1) is 0 Å². The fraction of sp³-hybridized carbons (Fsp3) is 1.00. The summed E-state index contributed by atoms with van der Waals surface area (Å²) in [6, 6.07) is 0.344. The zero-order valence-corrected chi connectivity index (χ0v) is 9.76. The maximum Gasteiger partial charge on any atom is 0.401 e. The van der Waals surface area contributed by atoms with E-state index in [1.54, 1.807) is 0 Å². The van der Waals surface area contributed by atoms with Crippen molar-refractivity contribution >= 4 is 0 Å². The molecule has 0 aromatic carbocycles. The van der Waals surface area contributed by atoms with Crippen molar-refractivity contribution < 1.29 is 18.3 Å². The number of fused-ring (bicyclic) bond motifs is 1. The molecule has 2 fully saturated rings. The second kappa shape index (κ2) is 4.74. The van der Waals surface area contributed by atoms with E-state index in [-0.39, 0.29) is 6.61 Å². The van der Waals surface area contributed by atoms with Crippen LogP contribution in [0.2, 0.25) is 0 Å². The van der Waals surface area contributed by atoms with Gasteiger partial charge >= 0.3 is 6.18 Å². The molecular weight excluding hydrogens is 233 g/mol. The SMILES string of the molecule is OCC1(NCC(F)(F)F)CCN2CCCC2C1. The maximum atomic E-state index is 12.2. The lowest BCUT2D eigenvalue weighted by Gasteiger charge is -2.44. The van der Waals surface area contributed by atoms with Crippen molar-refractivity contribution in [1.29, 1.82) is 0 Å². The highest BCUT2D eigenvalue weighted by Gasteiger charge is 2.42. The summed E-state index contributed by atoms with van der Waals surface area (Å²) in [4.78, 5) is 2.32. The van der Waals surface area contributed by atoms with Crippen LogP contribution in [-0.2, 0) is 0 Å². The van der Waals surface area contributed by atoms with Crippen molar-refractivity contribution in [1.82, 2.24) is 10.2 Å². The van der Waals surface area contributed by atoms with Gasteiger partial charge in [-0.1, -0.05) is 0 Å². The summed E-state index contributed by atoms with van der Waals surface area (Å²) in [6.45, 7) is 0.606. The van der Waals surface area contributed by atoms with Crippen molar-refractivity contribution in [2.24, 2.45) is 0 Å². The molecule has 2 N–H and O–H groups in total. The highest BCUT2D eigenvalue weighted by molar-refractivity contribution is 4.99. The molecule has 0 saturated carbocycles. The monoisotopic (exact) mass is 252 g/mol. The van der Waals surface area contributed by atoms with E-state index < -0.39 is 18.3 Å². The highest BCUT2D eigenvalue weighted by Crippen LogP contribution is 2.33. The number of halogens is 3. The Morgan fingerprint density at radius 2 is 2.12 bits per heavy atom. The van der Waals surface area contributed by atoms with Gasteiger partial charge in [-0.3, -0.25) is 0 Å². The van der Waals surface area contributed by atoms with Crippen molar-refractivity contribution in [3.8, 4) is 0 Å². The van der Waals surface area contributed by atoms with Crippen LogP contribution in [0.15, 0.2) is 0 Å². The summed E-state index contributed by atoms with van der Waals surface area (Å²) < 4.78 is 36.7. The molecule has 0 aromatic heterocycles. The molecule has 17 heavy (non-hydrogen) atoms. The van der Waals surface area contributed by atoms with Crippen LogP contribution in [-0.4, -0.2) is 54.0 Å². The molecule has 0 aliphatic carbocycles. The number of nitrogens with zero attached hydrogens (tertiary/aromatic N) is 1. The van der Waals surface area contributed by atoms with E-state index in [1.165, 1.54) is 0 Å². The highest BCUT2D eigenvalue weighted by atomic mass is 19.4. The smallest absolute Gasteiger partial charge is 0.394 e. The molecule has 2 unspecified atom stereocenters. The van der Waals surface area contributed by atoms with Crippen LogP contribution < -0.4 is 5.32 Å². The first kappa shape index (κ1) is 13.1. The third kappa shape index (κ3) is 3.11. The lowest BCUT2D eigenvalue weighted by Crippen LogP contribution is -2.59. The second-order valence-electron chi connectivity index (χ2n) is 5.19. The Morgan fingerprint density at radius 1 is 1.35 bits per heavy atom. The van der Waals surface area contributed by atoms with Crippen LogP contribution in [0.25, 0.3) is 0 Å². The van der Waals surface area contributed by atoms with E-state index in [0.29, 0.717) is 18.9 Å². The lowest BCUT2D eigenvalue weighted by molar-refractivity contribution is -0.132. The predicted octanol–water partition coefficient (Wildman–Crippen LogP) is 1.13. The first-order valence-corrected chi connectivity index (χ1v) is 6.11. The summed E-state index contributed by atoms with van der Waals surface area (Å²) in [5.74, 6) is 0. The van der Waals surface area contributed by atoms with Gasteiger partial charge in [0, 0.05) is 18.1 Å². The first-order chi connectivity index (χ1) is 7.94. The molecule has 0 amide bonds. The molecule has 0 spiro atoms. The Bertz CT molecular complexity index is 272. The van der Waals surface area contributed by atoms with Gasteiger partial charge < -0.3 is 15.3 Å².